The monoisotopic (exact) mass is 233 g/mol. The molecule has 2 N–H and O–H groups in total. The van der Waals surface area contributed by atoms with Gasteiger partial charge in [-0.05, 0) is 36.7 Å². The lowest BCUT2D eigenvalue weighted by atomic mass is 10.1. The lowest BCUT2D eigenvalue weighted by molar-refractivity contribution is 0.968. The topological polar surface area (TPSA) is 26.0 Å². The van der Waals surface area contributed by atoms with Crippen LogP contribution in [0, 0.1) is 0 Å². The summed E-state index contributed by atoms with van der Waals surface area (Å²) in [4.78, 5) is 0. The highest BCUT2D eigenvalue weighted by Gasteiger charge is 1.98. The van der Waals surface area contributed by atoms with Crippen molar-refractivity contribution in [1.29, 1.82) is 0 Å². The number of rotatable bonds is 2. The SMILES string of the molecule is NCCc1cc(Br)ccc1Cl. The Bertz CT molecular complexity index is 250. The van der Waals surface area contributed by atoms with E-state index in [0.717, 1.165) is 21.5 Å². The molecule has 0 aliphatic carbocycles. The molecule has 0 fully saturated rings. The second-order valence-corrected chi connectivity index (χ2v) is 3.60. The van der Waals surface area contributed by atoms with Crippen molar-refractivity contribution in [1.82, 2.24) is 0 Å². The van der Waals surface area contributed by atoms with E-state index in [-0.39, 0.29) is 0 Å². The highest BCUT2D eigenvalue weighted by atomic mass is 79.9. The van der Waals surface area contributed by atoms with Crippen LogP contribution in [-0.4, -0.2) is 6.54 Å². The average Bonchev–Trinajstić information content (AvgIpc) is 1.98. The van der Waals surface area contributed by atoms with Crippen LogP contribution in [0.15, 0.2) is 22.7 Å². The van der Waals surface area contributed by atoms with Gasteiger partial charge in [0.1, 0.15) is 0 Å². The van der Waals surface area contributed by atoms with E-state index in [1.165, 1.54) is 0 Å². The summed E-state index contributed by atoms with van der Waals surface area (Å²) in [5.74, 6) is 0. The molecule has 0 aromatic heterocycles. The van der Waals surface area contributed by atoms with Crippen molar-refractivity contribution in [2.75, 3.05) is 6.54 Å². The zero-order valence-corrected chi connectivity index (χ0v) is 8.32. The van der Waals surface area contributed by atoms with E-state index >= 15 is 0 Å². The number of hydrogen-bond donors (Lipinski definition) is 1. The third-order valence-electron chi connectivity index (χ3n) is 1.42. The van der Waals surface area contributed by atoms with E-state index in [4.69, 9.17) is 17.3 Å². The van der Waals surface area contributed by atoms with Crippen LogP contribution in [-0.2, 0) is 6.42 Å². The van der Waals surface area contributed by atoms with Crippen LogP contribution in [0.1, 0.15) is 5.56 Å². The van der Waals surface area contributed by atoms with Gasteiger partial charge in [0.2, 0.25) is 0 Å². The molecule has 0 saturated heterocycles. The van der Waals surface area contributed by atoms with Gasteiger partial charge in [-0.3, -0.25) is 0 Å². The van der Waals surface area contributed by atoms with Crippen LogP contribution in [0.4, 0.5) is 0 Å². The first kappa shape index (κ1) is 9.04. The number of halogens is 2. The van der Waals surface area contributed by atoms with Gasteiger partial charge in [-0.15, -0.1) is 0 Å². The molecular formula is C8H9BrClN. The Kier molecular flexibility index (Phi) is 3.37. The maximum absolute atomic E-state index is 5.90. The molecule has 0 heterocycles. The lowest BCUT2D eigenvalue weighted by Gasteiger charge is -2.01. The Morgan fingerprint density at radius 2 is 2.18 bits per heavy atom. The molecule has 0 aliphatic heterocycles. The smallest absolute Gasteiger partial charge is 0.0439 e. The quantitative estimate of drug-likeness (QED) is 0.836. The summed E-state index contributed by atoms with van der Waals surface area (Å²) in [5.41, 5.74) is 6.51. The molecule has 1 aromatic carbocycles. The minimum atomic E-state index is 0.635. The van der Waals surface area contributed by atoms with Crippen molar-refractivity contribution in [3.8, 4) is 0 Å². The maximum atomic E-state index is 5.90. The van der Waals surface area contributed by atoms with Gasteiger partial charge >= 0.3 is 0 Å². The van der Waals surface area contributed by atoms with Crippen molar-refractivity contribution in [2.24, 2.45) is 5.73 Å². The van der Waals surface area contributed by atoms with Crippen LogP contribution in [0.25, 0.3) is 0 Å². The van der Waals surface area contributed by atoms with Crippen molar-refractivity contribution < 1.29 is 0 Å². The molecule has 0 unspecified atom stereocenters. The Morgan fingerprint density at radius 3 is 2.82 bits per heavy atom. The molecular weight excluding hydrogens is 225 g/mol. The summed E-state index contributed by atoms with van der Waals surface area (Å²) in [6.45, 7) is 0.635. The van der Waals surface area contributed by atoms with E-state index in [2.05, 4.69) is 15.9 Å². The highest BCUT2D eigenvalue weighted by molar-refractivity contribution is 9.10. The van der Waals surface area contributed by atoms with Gasteiger partial charge in [0.15, 0.2) is 0 Å². The zero-order chi connectivity index (χ0) is 8.27. The molecule has 11 heavy (non-hydrogen) atoms. The molecule has 60 valence electrons. The van der Waals surface area contributed by atoms with Gasteiger partial charge in [0, 0.05) is 9.50 Å². The first-order valence-electron chi connectivity index (χ1n) is 3.38. The number of benzene rings is 1. The largest absolute Gasteiger partial charge is 0.330 e. The molecule has 0 amide bonds. The first-order chi connectivity index (χ1) is 5.24. The van der Waals surface area contributed by atoms with E-state index in [9.17, 15) is 0 Å². The fraction of sp³-hybridized carbons (Fsp3) is 0.250. The predicted octanol–water partition coefficient (Wildman–Crippen LogP) is 2.60. The van der Waals surface area contributed by atoms with Crippen molar-refractivity contribution in [3.05, 3.63) is 33.3 Å². The first-order valence-corrected chi connectivity index (χ1v) is 4.55. The standard InChI is InChI=1S/C8H9BrClN/c9-7-1-2-8(10)6(5-7)3-4-11/h1-2,5H,3-4,11H2. The summed E-state index contributed by atoms with van der Waals surface area (Å²) in [7, 11) is 0. The van der Waals surface area contributed by atoms with Gasteiger partial charge in [-0.2, -0.15) is 0 Å². The van der Waals surface area contributed by atoms with Crippen molar-refractivity contribution >= 4 is 27.5 Å². The zero-order valence-electron chi connectivity index (χ0n) is 5.98. The second kappa shape index (κ2) is 4.10. The normalized spacial score (nSPS) is 10.1. The van der Waals surface area contributed by atoms with E-state index < -0.39 is 0 Å². The van der Waals surface area contributed by atoms with E-state index in [0.29, 0.717) is 6.54 Å². The molecule has 1 rings (SSSR count). The molecule has 0 saturated carbocycles. The molecule has 0 aliphatic rings. The molecule has 0 spiro atoms. The van der Waals surface area contributed by atoms with E-state index in [1.54, 1.807) is 0 Å². The minimum Gasteiger partial charge on any atom is -0.330 e. The third-order valence-corrected chi connectivity index (χ3v) is 2.28. The number of hydrogen-bond acceptors (Lipinski definition) is 1. The van der Waals surface area contributed by atoms with Gasteiger partial charge in [-0.1, -0.05) is 27.5 Å². The van der Waals surface area contributed by atoms with Gasteiger partial charge in [0.05, 0.1) is 0 Å². The third kappa shape index (κ3) is 2.47. The van der Waals surface area contributed by atoms with E-state index in [1.807, 2.05) is 18.2 Å². The second-order valence-electron chi connectivity index (χ2n) is 2.27. The van der Waals surface area contributed by atoms with Crippen molar-refractivity contribution in [2.45, 2.75) is 6.42 Å². The fourth-order valence-corrected chi connectivity index (χ4v) is 1.51. The van der Waals surface area contributed by atoms with Crippen LogP contribution in [0.5, 0.6) is 0 Å². The molecule has 0 atom stereocenters. The van der Waals surface area contributed by atoms with Gasteiger partial charge < -0.3 is 5.73 Å². The predicted molar refractivity (Wildman–Crippen MR) is 51.9 cm³/mol. The molecule has 1 aromatic rings. The summed E-state index contributed by atoms with van der Waals surface area (Å²) in [6, 6.07) is 5.79. The minimum absolute atomic E-state index is 0.635. The Hall–Kier alpha value is -0.0500. The average molecular weight is 235 g/mol. The van der Waals surface area contributed by atoms with Gasteiger partial charge in [0.25, 0.3) is 0 Å². The Morgan fingerprint density at radius 1 is 1.45 bits per heavy atom. The fourth-order valence-electron chi connectivity index (χ4n) is 0.890. The number of nitrogens with two attached hydrogens (primary N) is 1. The summed E-state index contributed by atoms with van der Waals surface area (Å²) >= 11 is 9.27. The molecule has 0 radical (unpaired) electrons. The van der Waals surface area contributed by atoms with Gasteiger partial charge in [-0.25, -0.2) is 0 Å². The molecule has 0 bridgehead atoms. The summed E-state index contributed by atoms with van der Waals surface area (Å²) < 4.78 is 1.05. The Balaban J connectivity index is 2.93. The summed E-state index contributed by atoms with van der Waals surface area (Å²) in [5, 5.41) is 0.790. The van der Waals surface area contributed by atoms with Crippen LogP contribution in [0.3, 0.4) is 0 Å². The lowest BCUT2D eigenvalue weighted by Crippen LogP contribution is -2.02. The molecule has 1 nitrogen and oxygen atoms in total. The molecule has 3 heteroatoms. The van der Waals surface area contributed by atoms with Crippen LogP contribution in [0.2, 0.25) is 5.02 Å². The van der Waals surface area contributed by atoms with Crippen LogP contribution < -0.4 is 5.73 Å². The highest BCUT2D eigenvalue weighted by Crippen LogP contribution is 2.20. The van der Waals surface area contributed by atoms with Crippen LogP contribution >= 0.6 is 27.5 Å². The van der Waals surface area contributed by atoms with Crippen molar-refractivity contribution in [3.63, 3.8) is 0 Å². The maximum Gasteiger partial charge on any atom is 0.0439 e. The summed E-state index contributed by atoms with van der Waals surface area (Å²) in [6.07, 6.45) is 0.832. The Labute approximate surface area is 79.7 Å².